The molecule has 1 aliphatic rings. The van der Waals surface area contributed by atoms with Crippen LogP contribution in [0.25, 0.3) is 11.6 Å². The highest BCUT2D eigenvalue weighted by atomic mass is 35.5. The summed E-state index contributed by atoms with van der Waals surface area (Å²) in [6.45, 7) is 0. The molecule has 0 radical (unpaired) electrons. The van der Waals surface area contributed by atoms with Crippen molar-refractivity contribution in [1.29, 1.82) is 0 Å². The number of hydrogen-bond donors (Lipinski definition) is 2. The van der Waals surface area contributed by atoms with E-state index in [1.807, 2.05) is 30.3 Å². The Morgan fingerprint density at radius 3 is 2.90 bits per heavy atom. The van der Waals surface area contributed by atoms with E-state index in [9.17, 15) is 9.90 Å². The lowest BCUT2D eigenvalue weighted by Gasteiger charge is -2.03. The Morgan fingerprint density at radius 1 is 1.33 bits per heavy atom. The Bertz CT molecular complexity index is 719. The van der Waals surface area contributed by atoms with E-state index < -0.39 is 5.97 Å². The molecule has 5 heteroatoms. The molecule has 1 aromatic heterocycles. The minimum Gasteiger partial charge on any atom is -0.477 e. The molecular formula is C16H15ClN2O2. The molecule has 1 heterocycles. The zero-order chi connectivity index (χ0) is 14.8. The summed E-state index contributed by atoms with van der Waals surface area (Å²) in [7, 11) is 0. The number of nitrogens with zero attached hydrogens (tertiary/aromatic N) is 1. The monoisotopic (exact) mass is 302 g/mol. The van der Waals surface area contributed by atoms with Crippen LogP contribution in [0.1, 0.15) is 46.6 Å². The summed E-state index contributed by atoms with van der Waals surface area (Å²) in [5, 5.41) is 16.8. The van der Waals surface area contributed by atoms with Crippen molar-refractivity contribution >= 4 is 29.2 Å². The molecule has 0 unspecified atom stereocenters. The van der Waals surface area contributed by atoms with Gasteiger partial charge in [-0.25, -0.2) is 4.79 Å². The second-order valence-corrected chi connectivity index (χ2v) is 5.60. The second-order valence-electron chi connectivity index (χ2n) is 5.16. The van der Waals surface area contributed by atoms with Crippen molar-refractivity contribution in [2.75, 3.05) is 0 Å². The molecule has 1 aliphatic carbocycles. The van der Waals surface area contributed by atoms with Gasteiger partial charge in [0.25, 0.3) is 0 Å². The first-order chi connectivity index (χ1) is 10.1. The number of aromatic amines is 1. The van der Waals surface area contributed by atoms with Crippen LogP contribution in [0.4, 0.5) is 0 Å². The third-order valence-corrected chi connectivity index (χ3v) is 3.93. The molecular weight excluding hydrogens is 288 g/mol. The standard InChI is InChI=1S/C16H15ClN2O2/c17-12-6-3-4-10(9-12)8-11-5-1-2-7-13-14(11)18-19-15(13)16(20)21/h3-4,6,8-9H,1-2,5,7H2,(H,18,19)(H,20,21). The Balaban J connectivity index is 2.06. The number of carboxylic acids is 1. The van der Waals surface area contributed by atoms with Gasteiger partial charge in [-0.1, -0.05) is 23.7 Å². The molecule has 0 spiro atoms. The fraction of sp³-hybridized carbons (Fsp3) is 0.250. The SMILES string of the molecule is O=C(O)c1[nH]nc2c1CCCCC2=Cc1cccc(Cl)c1. The molecule has 0 fully saturated rings. The van der Waals surface area contributed by atoms with E-state index in [0.29, 0.717) is 5.02 Å². The Labute approximate surface area is 127 Å². The summed E-state index contributed by atoms with van der Waals surface area (Å²) in [5.74, 6) is -0.951. The molecule has 21 heavy (non-hydrogen) atoms. The van der Waals surface area contributed by atoms with E-state index in [4.69, 9.17) is 11.6 Å². The van der Waals surface area contributed by atoms with Gasteiger partial charge in [0.2, 0.25) is 0 Å². The molecule has 1 aromatic carbocycles. The van der Waals surface area contributed by atoms with Crippen molar-refractivity contribution in [3.05, 3.63) is 51.8 Å². The number of carboxylic acid groups (broad SMARTS) is 1. The minimum absolute atomic E-state index is 0.212. The molecule has 3 rings (SSSR count). The number of halogens is 1. The van der Waals surface area contributed by atoms with Crippen LogP contribution < -0.4 is 0 Å². The zero-order valence-electron chi connectivity index (χ0n) is 11.4. The van der Waals surface area contributed by atoms with Gasteiger partial charge in [-0.05, 0) is 55.0 Å². The molecule has 0 saturated carbocycles. The van der Waals surface area contributed by atoms with Crippen molar-refractivity contribution < 1.29 is 9.90 Å². The first-order valence-electron chi connectivity index (χ1n) is 6.92. The first kappa shape index (κ1) is 13.9. The van der Waals surface area contributed by atoms with Crippen molar-refractivity contribution in [2.24, 2.45) is 0 Å². The maximum absolute atomic E-state index is 11.2. The number of aromatic nitrogens is 2. The van der Waals surface area contributed by atoms with E-state index in [1.54, 1.807) is 0 Å². The van der Waals surface area contributed by atoms with E-state index in [0.717, 1.165) is 48.1 Å². The minimum atomic E-state index is -0.951. The predicted molar refractivity (Wildman–Crippen MR) is 82.4 cm³/mol. The van der Waals surface area contributed by atoms with Gasteiger partial charge >= 0.3 is 5.97 Å². The van der Waals surface area contributed by atoms with E-state index >= 15 is 0 Å². The average Bonchev–Trinajstić information content (AvgIpc) is 2.77. The first-order valence-corrected chi connectivity index (χ1v) is 7.30. The van der Waals surface area contributed by atoms with Gasteiger partial charge in [0, 0.05) is 10.6 Å². The lowest BCUT2D eigenvalue weighted by molar-refractivity contribution is 0.0689. The average molecular weight is 303 g/mol. The molecule has 0 saturated heterocycles. The summed E-state index contributed by atoms with van der Waals surface area (Å²) >= 11 is 6.01. The van der Waals surface area contributed by atoms with Gasteiger partial charge < -0.3 is 5.11 Å². The largest absolute Gasteiger partial charge is 0.477 e. The van der Waals surface area contributed by atoms with E-state index in [-0.39, 0.29) is 5.69 Å². The number of H-pyrrole nitrogens is 1. The Morgan fingerprint density at radius 2 is 2.14 bits per heavy atom. The third-order valence-electron chi connectivity index (χ3n) is 3.70. The quantitative estimate of drug-likeness (QED) is 0.823. The highest BCUT2D eigenvalue weighted by Crippen LogP contribution is 2.31. The van der Waals surface area contributed by atoms with Gasteiger partial charge in [-0.2, -0.15) is 5.10 Å². The fourth-order valence-electron chi connectivity index (χ4n) is 2.72. The summed E-state index contributed by atoms with van der Waals surface area (Å²) < 4.78 is 0. The number of nitrogens with one attached hydrogen (secondary N) is 1. The van der Waals surface area contributed by atoms with Crippen molar-refractivity contribution in [3.63, 3.8) is 0 Å². The van der Waals surface area contributed by atoms with E-state index in [2.05, 4.69) is 10.2 Å². The fourth-order valence-corrected chi connectivity index (χ4v) is 2.92. The van der Waals surface area contributed by atoms with Crippen LogP contribution in [0.3, 0.4) is 0 Å². The van der Waals surface area contributed by atoms with Gasteiger partial charge in [-0.15, -0.1) is 0 Å². The maximum Gasteiger partial charge on any atom is 0.354 e. The van der Waals surface area contributed by atoms with Gasteiger partial charge in [0.15, 0.2) is 0 Å². The molecule has 4 nitrogen and oxygen atoms in total. The molecule has 2 N–H and O–H groups in total. The normalized spacial score (nSPS) is 16.5. The van der Waals surface area contributed by atoms with Crippen LogP contribution in [-0.2, 0) is 6.42 Å². The highest BCUT2D eigenvalue weighted by molar-refractivity contribution is 6.30. The van der Waals surface area contributed by atoms with E-state index in [1.165, 1.54) is 0 Å². The van der Waals surface area contributed by atoms with Gasteiger partial charge in [0.05, 0.1) is 5.69 Å². The van der Waals surface area contributed by atoms with Crippen LogP contribution in [0, 0.1) is 0 Å². The van der Waals surface area contributed by atoms with Crippen LogP contribution in [0.5, 0.6) is 0 Å². The van der Waals surface area contributed by atoms with Crippen molar-refractivity contribution in [2.45, 2.75) is 25.7 Å². The number of benzene rings is 1. The topological polar surface area (TPSA) is 66.0 Å². The number of hydrogen-bond acceptors (Lipinski definition) is 2. The van der Waals surface area contributed by atoms with Gasteiger partial charge in [-0.3, -0.25) is 5.10 Å². The molecule has 0 bridgehead atoms. The molecule has 0 atom stereocenters. The molecule has 0 aliphatic heterocycles. The Hall–Kier alpha value is -2.07. The summed E-state index contributed by atoms with van der Waals surface area (Å²) in [6, 6.07) is 7.61. The van der Waals surface area contributed by atoms with Crippen LogP contribution in [0.15, 0.2) is 24.3 Å². The lowest BCUT2D eigenvalue weighted by Crippen LogP contribution is -2.01. The van der Waals surface area contributed by atoms with Gasteiger partial charge in [0.1, 0.15) is 5.69 Å². The van der Waals surface area contributed by atoms with Crippen LogP contribution >= 0.6 is 11.6 Å². The van der Waals surface area contributed by atoms with Crippen molar-refractivity contribution in [3.8, 4) is 0 Å². The van der Waals surface area contributed by atoms with Crippen LogP contribution in [0.2, 0.25) is 5.02 Å². The number of aromatic carboxylic acids is 1. The highest BCUT2D eigenvalue weighted by Gasteiger charge is 2.22. The summed E-state index contributed by atoms with van der Waals surface area (Å²) in [5.41, 5.74) is 3.88. The molecule has 2 aromatic rings. The maximum atomic E-state index is 11.2. The predicted octanol–water partition coefficient (Wildman–Crippen LogP) is 4.03. The number of fused-ring (bicyclic) bond motifs is 1. The number of carbonyl (C=O) groups is 1. The number of rotatable bonds is 2. The third kappa shape index (κ3) is 2.85. The zero-order valence-corrected chi connectivity index (χ0v) is 12.2. The Kier molecular flexibility index (Phi) is 3.80. The van der Waals surface area contributed by atoms with Crippen molar-refractivity contribution in [1.82, 2.24) is 10.2 Å². The summed E-state index contributed by atoms with van der Waals surface area (Å²) in [6.07, 6.45) is 5.69. The number of allylic oxidation sites excluding steroid dienone is 1. The molecule has 0 amide bonds. The van der Waals surface area contributed by atoms with Crippen LogP contribution in [-0.4, -0.2) is 21.3 Å². The summed E-state index contributed by atoms with van der Waals surface area (Å²) in [4.78, 5) is 11.2. The lowest BCUT2D eigenvalue weighted by atomic mass is 10.0. The molecule has 108 valence electrons. The smallest absolute Gasteiger partial charge is 0.354 e. The second kappa shape index (κ2) is 5.74.